The van der Waals surface area contributed by atoms with E-state index < -0.39 is 0 Å². The predicted molar refractivity (Wildman–Crippen MR) is 105 cm³/mol. The number of anilines is 1. The van der Waals surface area contributed by atoms with Crippen LogP contribution in [0, 0.1) is 0 Å². The number of hydrogen-bond donors (Lipinski definition) is 2. The molecule has 0 fully saturated rings. The molecule has 0 saturated carbocycles. The average Bonchev–Trinajstić information content (AvgIpc) is 2.70. The van der Waals surface area contributed by atoms with E-state index in [4.69, 9.17) is 9.47 Å². The number of carbonyl (C=O) groups excluding carboxylic acids is 2. The van der Waals surface area contributed by atoms with Crippen LogP contribution in [0.15, 0.2) is 42.5 Å². The van der Waals surface area contributed by atoms with Gasteiger partial charge in [-0.1, -0.05) is 31.2 Å². The monoisotopic (exact) mass is 370 g/mol. The summed E-state index contributed by atoms with van der Waals surface area (Å²) in [5, 5.41) is 5.49. The highest BCUT2D eigenvalue weighted by Gasteiger charge is 2.09. The smallest absolute Gasteiger partial charge is 0.243 e. The van der Waals surface area contributed by atoms with Gasteiger partial charge in [-0.05, 0) is 42.2 Å². The normalized spacial score (nSPS) is 10.2. The quantitative estimate of drug-likeness (QED) is 0.711. The number of amides is 2. The number of rotatable bonds is 9. The van der Waals surface area contributed by atoms with Crippen LogP contribution in [0.3, 0.4) is 0 Å². The zero-order valence-electron chi connectivity index (χ0n) is 16.0. The Hall–Kier alpha value is -3.02. The van der Waals surface area contributed by atoms with E-state index in [-0.39, 0.29) is 24.8 Å². The van der Waals surface area contributed by atoms with Crippen molar-refractivity contribution in [2.75, 3.05) is 26.1 Å². The summed E-state index contributed by atoms with van der Waals surface area (Å²) in [6.07, 6.45) is 1.66. The minimum absolute atomic E-state index is 0.0528. The van der Waals surface area contributed by atoms with Gasteiger partial charge in [0.2, 0.25) is 11.8 Å². The molecule has 0 aliphatic carbocycles. The van der Waals surface area contributed by atoms with Crippen LogP contribution in [0.1, 0.15) is 24.5 Å². The fraction of sp³-hybridized carbons (Fsp3) is 0.333. The largest absolute Gasteiger partial charge is 0.493 e. The highest BCUT2D eigenvalue weighted by Crippen LogP contribution is 2.27. The third kappa shape index (κ3) is 6.02. The van der Waals surface area contributed by atoms with Crippen molar-refractivity contribution in [1.29, 1.82) is 0 Å². The van der Waals surface area contributed by atoms with Gasteiger partial charge in [0.1, 0.15) is 0 Å². The molecule has 0 heterocycles. The zero-order valence-corrected chi connectivity index (χ0v) is 16.0. The second kappa shape index (κ2) is 10.2. The van der Waals surface area contributed by atoms with Crippen molar-refractivity contribution < 1.29 is 19.1 Å². The summed E-state index contributed by atoms with van der Waals surface area (Å²) in [6.45, 7) is 1.98. The third-order valence-corrected chi connectivity index (χ3v) is 4.21. The standard InChI is InChI=1S/C21H26N2O4/c1-4-16-7-5-6-8-17(16)23-21(25)14-22-20(24)12-10-15-9-11-18(26-2)19(13-15)27-3/h5-9,11,13H,4,10,12,14H2,1-3H3,(H,22,24)(H,23,25). The minimum atomic E-state index is -0.240. The summed E-state index contributed by atoms with van der Waals surface area (Å²) in [5.41, 5.74) is 2.80. The van der Waals surface area contributed by atoms with E-state index in [2.05, 4.69) is 10.6 Å². The molecule has 0 radical (unpaired) electrons. The van der Waals surface area contributed by atoms with E-state index in [0.29, 0.717) is 17.9 Å². The summed E-state index contributed by atoms with van der Waals surface area (Å²) in [4.78, 5) is 24.1. The number of para-hydroxylation sites is 1. The SMILES string of the molecule is CCc1ccccc1NC(=O)CNC(=O)CCc1ccc(OC)c(OC)c1. The lowest BCUT2D eigenvalue weighted by atomic mass is 10.1. The second-order valence-electron chi connectivity index (χ2n) is 6.02. The van der Waals surface area contributed by atoms with Crippen molar-refractivity contribution in [3.05, 3.63) is 53.6 Å². The molecule has 6 heteroatoms. The molecular weight excluding hydrogens is 344 g/mol. The van der Waals surface area contributed by atoms with Gasteiger partial charge in [-0.15, -0.1) is 0 Å². The molecule has 27 heavy (non-hydrogen) atoms. The van der Waals surface area contributed by atoms with Gasteiger partial charge in [0.25, 0.3) is 0 Å². The van der Waals surface area contributed by atoms with Crippen LogP contribution in [0.4, 0.5) is 5.69 Å². The molecule has 0 saturated heterocycles. The van der Waals surface area contributed by atoms with Gasteiger partial charge in [0, 0.05) is 12.1 Å². The molecule has 0 atom stereocenters. The van der Waals surface area contributed by atoms with Crippen molar-refractivity contribution in [2.45, 2.75) is 26.2 Å². The number of ether oxygens (including phenoxy) is 2. The first kappa shape index (κ1) is 20.3. The van der Waals surface area contributed by atoms with Gasteiger partial charge in [-0.2, -0.15) is 0 Å². The first-order chi connectivity index (χ1) is 13.1. The van der Waals surface area contributed by atoms with Crippen molar-refractivity contribution in [1.82, 2.24) is 5.32 Å². The first-order valence-corrected chi connectivity index (χ1v) is 8.92. The molecule has 2 amide bonds. The summed E-state index contributed by atoms with van der Waals surface area (Å²) in [5.74, 6) is 0.859. The molecule has 0 aliphatic heterocycles. The molecule has 144 valence electrons. The highest BCUT2D eigenvalue weighted by molar-refractivity contribution is 5.95. The van der Waals surface area contributed by atoms with E-state index in [9.17, 15) is 9.59 Å². The van der Waals surface area contributed by atoms with Gasteiger partial charge in [0.15, 0.2) is 11.5 Å². The molecule has 2 aromatic carbocycles. The number of nitrogens with one attached hydrogen (secondary N) is 2. The van der Waals surface area contributed by atoms with Gasteiger partial charge in [-0.25, -0.2) is 0 Å². The second-order valence-corrected chi connectivity index (χ2v) is 6.02. The van der Waals surface area contributed by atoms with E-state index in [1.54, 1.807) is 14.2 Å². The molecule has 0 spiro atoms. The topological polar surface area (TPSA) is 76.7 Å². The van der Waals surface area contributed by atoms with E-state index in [1.165, 1.54) is 0 Å². The Bertz CT molecular complexity index is 790. The first-order valence-electron chi connectivity index (χ1n) is 8.92. The lowest BCUT2D eigenvalue weighted by Crippen LogP contribution is -2.33. The summed E-state index contributed by atoms with van der Waals surface area (Å²) >= 11 is 0. The molecule has 0 aliphatic rings. The van der Waals surface area contributed by atoms with Crippen LogP contribution < -0.4 is 20.1 Å². The maximum Gasteiger partial charge on any atom is 0.243 e. The lowest BCUT2D eigenvalue weighted by Gasteiger charge is -2.11. The number of benzene rings is 2. The van der Waals surface area contributed by atoms with Crippen molar-refractivity contribution in [3.8, 4) is 11.5 Å². The Labute approximate surface area is 159 Å². The number of carbonyl (C=O) groups is 2. The Balaban J connectivity index is 1.80. The average molecular weight is 370 g/mol. The molecule has 0 aromatic heterocycles. The van der Waals surface area contributed by atoms with E-state index in [1.807, 2.05) is 49.4 Å². The molecular formula is C21H26N2O4. The van der Waals surface area contributed by atoms with Crippen LogP contribution in [0.25, 0.3) is 0 Å². The maximum absolute atomic E-state index is 12.1. The molecule has 2 N–H and O–H groups in total. The van der Waals surface area contributed by atoms with Gasteiger partial charge < -0.3 is 20.1 Å². The molecule has 6 nitrogen and oxygen atoms in total. The van der Waals surface area contributed by atoms with Crippen LogP contribution in [0.5, 0.6) is 11.5 Å². The molecule has 2 rings (SSSR count). The van der Waals surface area contributed by atoms with Crippen LogP contribution in [-0.4, -0.2) is 32.6 Å². The number of hydrogen-bond acceptors (Lipinski definition) is 4. The Morgan fingerprint density at radius 2 is 1.70 bits per heavy atom. The highest BCUT2D eigenvalue weighted by atomic mass is 16.5. The number of aryl methyl sites for hydroxylation is 2. The summed E-state index contributed by atoms with van der Waals surface area (Å²) in [7, 11) is 3.15. The van der Waals surface area contributed by atoms with Gasteiger partial charge in [-0.3, -0.25) is 9.59 Å². The van der Waals surface area contributed by atoms with Crippen LogP contribution >= 0.6 is 0 Å². The van der Waals surface area contributed by atoms with Crippen molar-refractivity contribution in [2.24, 2.45) is 0 Å². The molecule has 0 bridgehead atoms. The van der Waals surface area contributed by atoms with Crippen LogP contribution in [0.2, 0.25) is 0 Å². The fourth-order valence-corrected chi connectivity index (χ4v) is 2.71. The zero-order chi connectivity index (χ0) is 19.6. The molecule has 2 aromatic rings. The van der Waals surface area contributed by atoms with E-state index in [0.717, 1.165) is 23.2 Å². The van der Waals surface area contributed by atoms with Gasteiger partial charge in [0.05, 0.1) is 20.8 Å². The van der Waals surface area contributed by atoms with Crippen molar-refractivity contribution >= 4 is 17.5 Å². The molecule has 0 unspecified atom stereocenters. The Kier molecular flexibility index (Phi) is 7.67. The Morgan fingerprint density at radius 3 is 2.41 bits per heavy atom. The van der Waals surface area contributed by atoms with Gasteiger partial charge >= 0.3 is 0 Å². The maximum atomic E-state index is 12.1. The third-order valence-electron chi connectivity index (χ3n) is 4.21. The van der Waals surface area contributed by atoms with Crippen LogP contribution in [-0.2, 0) is 22.4 Å². The Morgan fingerprint density at radius 1 is 0.963 bits per heavy atom. The summed E-state index contributed by atoms with van der Waals surface area (Å²) in [6, 6.07) is 13.2. The van der Waals surface area contributed by atoms with Crippen molar-refractivity contribution in [3.63, 3.8) is 0 Å². The fourth-order valence-electron chi connectivity index (χ4n) is 2.71. The number of methoxy groups -OCH3 is 2. The van der Waals surface area contributed by atoms with E-state index >= 15 is 0 Å². The minimum Gasteiger partial charge on any atom is -0.493 e. The summed E-state index contributed by atoms with van der Waals surface area (Å²) < 4.78 is 10.5. The lowest BCUT2D eigenvalue weighted by molar-refractivity contribution is -0.124. The predicted octanol–water partition coefficient (Wildman–Crippen LogP) is 2.95.